The lowest BCUT2D eigenvalue weighted by molar-refractivity contribution is -0.146. The van der Waals surface area contributed by atoms with Crippen molar-refractivity contribution in [2.75, 3.05) is 11.9 Å². The van der Waals surface area contributed by atoms with Crippen molar-refractivity contribution in [3.63, 3.8) is 0 Å². The van der Waals surface area contributed by atoms with E-state index in [4.69, 9.17) is 5.73 Å². The summed E-state index contributed by atoms with van der Waals surface area (Å²) in [4.78, 5) is 46.2. The molecule has 140 valence electrons. The molecule has 0 saturated carbocycles. The monoisotopic (exact) mass is 367 g/mol. The number of hydrogen-bond donors (Lipinski definition) is 2. The van der Waals surface area contributed by atoms with Gasteiger partial charge in [-0.2, -0.15) is 0 Å². The fourth-order valence-corrected chi connectivity index (χ4v) is 3.25. The van der Waals surface area contributed by atoms with Crippen LogP contribution in [0.5, 0.6) is 0 Å². The van der Waals surface area contributed by atoms with Crippen LogP contribution < -0.4 is 11.1 Å². The van der Waals surface area contributed by atoms with Crippen molar-refractivity contribution in [1.29, 1.82) is 0 Å². The number of piperidine rings is 1. The average Bonchev–Trinajstić information content (AvgIpc) is 2.68. The van der Waals surface area contributed by atoms with Crippen LogP contribution in [-0.2, 0) is 9.59 Å². The highest BCUT2D eigenvalue weighted by molar-refractivity contribution is 6.39. The molecule has 1 aliphatic rings. The van der Waals surface area contributed by atoms with E-state index in [1.807, 2.05) is 12.1 Å². The Hall–Kier alpha value is -3.29. The molecule has 3 heterocycles. The third-order valence-electron chi connectivity index (χ3n) is 4.62. The minimum Gasteiger partial charge on any atom is -0.366 e. The second kappa shape index (κ2) is 7.94. The number of aromatic nitrogens is 2. The van der Waals surface area contributed by atoms with Crippen molar-refractivity contribution in [3.05, 3.63) is 54.1 Å². The van der Waals surface area contributed by atoms with Crippen LogP contribution in [0.15, 0.2) is 43.0 Å². The SMILES string of the molecule is C[C@H]1CC[C@H](c2cccnc2)N(C(=O)C(=O)Nc2cncc(C(N)=O)c2)C1. The fraction of sp³-hybridized carbons (Fsp3) is 0.316. The maximum atomic E-state index is 12.8. The Morgan fingerprint density at radius 1 is 1.19 bits per heavy atom. The first kappa shape index (κ1) is 18.5. The molecule has 2 aromatic rings. The van der Waals surface area contributed by atoms with Gasteiger partial charge in [-0.15, -0.1) is 0 Å². The lowest BCUT2D eigenvalue weighted by Gasteiger charge is -2.38. The lowest BCUT2D eigenvalue weighted by Crippen LogP contribution is -2.46. The van der Waals surface area contributed by atoms with Crippen LogP contribution in [0, 0.1) is 5.92 Å². The van der Waals surface area contributed by atoms with Crippen LogP contribution in [0.2, 0.25) is 0 Å². The van der Waals surface area contributed by atoms with Gasteiger partial charge in [0.05, 0.1) is 23.5 Å². The predicted molar refractivity (Wildman–Crippen MR) is 98.5 cm³/mol. The number of rotatable bonds is 3. The zero-order valence-corrected chi connectivity index (χ0v) is 15.0. The number of nitrogens with two attached hydrogens (primary N) is 1. The van der Waals surface area contributed by atoms with E-state index in [2.05, 4.69) is 22.2 Å². The molecule has 0 bridgehead atoms. The molecule has 3 N–H and O–H groups in total. The summed E-state index contributed by atoms with van der Waals surface area (Å²) in [5.74, 6) is -1.76. The minimum absolute atomic E-state index is 0.153. The van der Waals surface area contributed by atoms with Crippen LogP contribution in [0.4, 0.5) is 5.69 Å². The molecule has 3 rings (SSSR count). The van der Waals surface area contributed by atoms with Crippen LogP contribution in [0.1, 0.15) is 41.7 Å². The number of hydrogen-bond acceptors (Lipinski definition) is 5. The van der Waals surface area contributed by atoms with Gasteiger partial charge in [0.15, 0.2) is 0 Å². The molecule has 0 spiro atoms. The van der Waals surface area contributed by atoms with Crippen molar-refractivity contribution in [1.82, 2.24) is 14.9 Å². The Morgan fingerprint density at radius 2 is 2.00 bits per heavy atom. The summed E-state index contributed by atoms with van der Waals surface area (Å²) in [5, 5.41) is 2.51. The van der Waals surface area contributed by atoms with Gasteiger partial charge in [-0.3, -0.25) is 24.4 Å². The second-order valence-corrected chi connectivity index (χ2v) is 6.72. The van der Waals surface area contributed by atoms with E-state index >= 15 is 0 Å². The topological polar surface area (TPSA) is 118 Å². The number of likely N-dealkylation sites (tertiary alicyclic amines) is 1. The molecule has 3 amide bonds. The van der Waals surface area contributed by atoms with E-state index < -0.39 is 17.7 Å². The number of carbonyl (C=O) groups excluding carboxylic acids is 3. The van der Waals surface area contributed by atoms with Gasteiger partial charge in [0.25, 0.3) is 0 Å². The summed E-state index contributed by atoms with van der Waals surface area (Å²) >= 11 is 0. The summed E-state index contributed by atoms with van der Waals surface area (Å²) in [6.07, 6.45) is 7.78. The van der Waals surface area contributed by atoms with E-state index in [1.165, 1.54) is 18.5 Å². The van der Waals surface area contributed by atoms with Crippen molar-refractivity contribution in [3.8, 4) is 0 Å². The van der Waals surface area contributed by atoms with Crippen LogP contribution >= 0.6 is 0 Å². The van der Waals surface area contributed by atoms with Gasteiger partial charge in [0.1, 0.15) is 0 Å². The van der Waals surface area contributed by atoms with Crippen molar-refractivity contribution in [2.24, 2.45) is 11.7 Å². The highest BCUT2D eigenvalue weighted by Gasteiger charge is 2.34. The summed E-state index contributed by atoms with van der Waals surface area (Å²) in [6.45, 7) is 2.54. The predicted octanol–water partition coefficient (Wildman–Crippen LogP) is 1.51. The van der Waals surface area contributed by atoms with Crippen LogP contribution in [0.25, 0.3) is 0 Å². The number of amides is 3. The number of nitrogens with zero attached hydrogens (tertiary/aromatic N) is 3. The number of pyridine rings is 2. The molecule has 0 aliphatic carbocycles. The molecule has 27 heavy (non-hydrogen) atoms. The molecule has 8 heteroatoms. The number of primary amides is 1. The van der Waals surface area contributed by atoms with E-state index in [0.29, 0.717) is 12.5 Å². The maximum absolute atomic E-state index is 12.8. The quantitative estimate of drug-likeness (QED) is 0.797. The molecule has 1 saturated heterocycles. The Bertz CT molecular complexity index is 855. The molecule has 1 aliphatic heterocycles. The Labute approximate surface area is 156 Å². The van der Waals surface area contributed by atoms with Crippen LogP contribution in [0.3, 0.4) is 0 Å². The summed E-state index contributed by atoms with van der Waals surface area (Å²) in [5.41, 5.74) is 6.52. The van der Waals surface area contributed by atoms with E-state index in [1.54, 1.807) is 17.3 Å². The normalized spacial score (nSPS) is 19.4. The average molecular weight is 367 g/mol. The first-order valence-corrected chi connectivity index (χ1v) is 8.72. The van der Waals surface area contributed by atoms with Gasteiger partial charge in [-0.05, 0) is 36.5 Å². The molecular formula is C19H21N5O3. The Morgan fingerprint density at radius 3 is 2.70 bits per heavy atom. The molecule has 2 aromatic heterocycles. The van der Waals surface area contributed by atoms with Crippen molar-refractivity contribution in [2.45, 2.75) is 25.8 Å². The van der Waals surface area contributed by atoms with E-state index in [-0.39, 0.29) is 17.3 Å². The summed E-state index contributed by atoms with van der Waals surface area (Å²) in [6, 6.07) is 4.92. The summed E-state index contributed by atoms with van der Waals surface area (Å²) < 4.78 is 0. The van der Waals surface area contributed by atoms with E-state index in [9.17, 15) is 14.4 Å². The molecule has 0 unspecified atom stereocenters. The molecule has 0 radical (unpaired) electrons. The standard InChI is InChI=1S/C19H21N5O3/c1-12-4-5-16(13-3-2-6-21-8-13)24(11-12)19(27)18(26)23-15-7-14(17(20)25)9-22-10-15/h2-3,6-10,12,16H,4-5,11H2,1H3,(H2,20,25)(H,23,26)/t12-,16+/m0/s1. The van der Waals surface area contributed by atoms with Gasteiger partial charge >= 0.3 is 11.8 Å². The zero-order valence-electron chi connectivity index (χ0n) is 15.0. The minimum atomic E-state index is -0.776. The van der Waals surface area contributed by atoms with Crippen molar-refractivity contribution >= 4 is 23.4 Å². The summed E-state index contributed by atoms with van der Waals surface area (Å²) in [7, 11) is 0. The largest absolute Gasteiger partial charge is 0.366 e. The first-order valence-electron chi connectivity index (χ1n) is 8.72. The molecule has 0 aromatic carbocycles. The van der Waals surface area contributed by atoms with E-state index in [0.717, 1.165) is 18.4 Å². The van der Waals surface area contributed by atoms with Gasteiger partial charge in [0, 0.05) is 25.1 Å². The maximum Gasteiger partial charge on any atom is 0.313 e. The van der Waals surface area contributed by atoms with Crippen molar-refractivity contribution < 1.29 is 14.4 Å². The lowest BCUT2D eigenvalue weighted by atomic mass is 9.90. The highest BCUT2D eigenvalue weighted by atomic mass is 16.2. The number of carbonyl (C=O) groups is 3. The number of nitrogens with one attached hydrogen (secondary N) is 1. The smallest absolute Gasteiger partial charge is 0.313 e. The van der Waals surface area contributed by atoms with Gasteiger partial charge < -0.3 is 16.0 Å². The van der Waals surface area contributed by atoms with Gasteiger partial charge in [0.2, 0.25) is 5.91 Å². The first-order chi connectivity index (χ1) is 13.0. The number of anilines is 1. The third kappa shape index (κ3) is 4.28. The third-order valence-corrected chi connectivity index (χ3v) is 4.62. The molecular weight excluding hydrogens is 346 g/mol. The van der Waals surface area contributed by atoms with Crippen LogP contribution in [-0.4, -0.2) is 39.1 Å². The molecule has 8 nitrogen and oxygen atoms in total. The molecule has 2 atom stereocenters. The molecule has 1 fully saturated rings. The fourth-order valence-electron chi connectivity index (χ4n) is 3.25. The Balaban J connectivity index is 1.78. The van der Waals surface area contributed by atoms with Gasteiger partial charge in [-0.25, -0.2) is 0 Å². The Kier molecular flexibility index (Phi) is 5.44. The second-order valence-electron chi connectivity index (χ2n) is 6.72. The highest BCUT2D eigenvalue weighted by Crippen LogP contribution is 2.33. The van der Waals surface area contributed by atoms with Gasteiger partial charge in [-0.1, -0.05) is 13.0 Å². The zero-order chi connectivity index (χ0) is 19.4.